The maximum absolute atomic E-state index is 11.5. The second-order valence-corrected chi connectivity index (χ2v) is 3.78. The first-order chi connectivity index (χ1) is 8.04. The predicted molar refractivity (Wildman–Crippen MR) is 68.0 cm³/mol. The van der Waals surface area contributed by atoms with Crippen molar-refractivity contribution in [2.75, 3.05) is 13.6 Å². The minimum Gasteiger partial charge on any atom is -0.384 e. The molecule has 5 nitrogen and oxygen atoms in total. The van der Waals surface area contributed by atoms with Gasteiger partial charge in [0.05, 0.1) is 0 Å². The molecule has 4 N–H and O–H groups in total. The maximum Gasteiger partial charge on any atom is 0.317 e. The number of nitrogen functional groups attached to an aromatic ring is 1. The van der Waals surface area contributed by atoms with Crippen molar-refractivity contribution in [2.45, 2.75) is 13.5 Å². The highest BCUT2D eigenvalue weighted by molar-refractivity contribution is 5.94. The Morgan fingerprint density at radius 1 is 1.41 bits per heavy atom. The molecule has 0 heterocycles. The van der Waals surface area contributed by atoms with Crippen LogP contribution < -0.4 is 11.1 Å². The third-order valence-electron chi connectivity index (χ3n) is 2.53. The summed E-state index contributed by atoms with van der Waals surface area (Å²) in [6, 6.07) is 7.15. The molecule has 17 heavy (non-hydrogen) atoms. The lowest BCUT2D eigenvalue weighted by Gasteiger charge is -2.15. The zero-order chi connectivity index (χ0) is 12.8. The molecule has 1 aromatic rings. The van der Waals surface area contributed by atoms with E-state index in [1.54, 1.807) is 24.1 Å². The minimum absolute atomic E-state index is 0.0475. The van der Waals surface area contributed by atoms with Gasteiger partial charge in [0.2, 0.25) is 0 Å². The summed E-state index contributed by atoms with van der Waals surface area (Å²) < 4.78 is 0. The molecule has 0 aliphatic rings. The van der Waals surface area contributed by atoms with E-state index in [1.165, 1.54) is 0 Å². The molecule has 0 radical (unpaired) electrons. The third-order valence-corrected chi connectivity index (χ3v) is 2.53. The highest BCUT2D eigenvalue weighted by atomic mass is 16.2. The third kappa shape index (κ3) is 3.79. The molecule has 1 aromatic carbocycles. The normalized spacial score (nSPS) is 9.76. The van der Waals surface area contributed by atoms with Crippen LogP contribution in [0.3, 0.4) is 0 Å². The number of carbonyl (C=O) groups is 1. The van der Waals surface area contributed by atoms with Crippen LogP contribution in [-0.4, -0.2) is 30.4 Å². The van der Waals surface area contributed by atoms with Crippen LogP contribution >= 0.6 is 0 Å². The van der Waals surface area contributed by atoms with E-state index in [2.05, 4.69) is 5.32 Å². The lowest BCUT2D eigenvalue weighted by atomic mass is 10.1. The van der Waals surface area contributed by atoms with E-state index in [-0.39, 0.29) is 11.9 Å². The standard InChI is InChI=1S/C12H18N4O/c1-3-16(2)12(17)15-8-9-4-6-10(7-5-9)11(13)14/h4-7H,3,8H2,1-2H3,(H3,13,14)(H,15,17). The molecule has 0 spiro atoms. The molecule has 2 amide bonds. The first-order valence-corrected chi connectivity index (χ1v) is 5.47. The van der Waals surface area contributed by atoms with Crippen LogP contribution in [0.1, 0.15) is 18.1 Å². The van der Waals surface area contributed by atoms with Gasteiger partial charge >= 0.3 is 6.03 Å². The molecule has 5 heteroatoms. The summed E-state index contributed by atoms with van der Waals surface area (Å²) in [5.41, 5.74) is 7.02. The van der Waals surface area contributed by atoms with Gasteiger partial charge in [0.15, 0.2) is 0 Å². The number of urea groups is 1. The van der Waals surface area contributed by atoms with Gasteiger partial charge in [-0.3, -0.25) is 5.41 Å². The van der Waals surface area contributed by atoms with E-state index in [4.69, 9.17) is 11.1 Å². The Labute approximate surface area is 101 Å². The molecule has 0 aliphatic carbocycles. The fourth-order valence-electron chi connectivity index (χ4n) is 1.26. The Balaban J connectivity index is 2.53. The number of nitrogens with zero attached hydrogens (tertiary/aromatic N) is 1. The summed E-state index contributed by atoms with van der Waals surface area (Å²) in [6.07, 6.45) is 0. The summed E-state index contributed by atoms with van der Waals surface area (Å²) in [7, 11) is 1.74. The molecule has 92 valence electrons. The summed E-state index contributed by atoms with van der Waals surface area (Å²) in [4.78, 5) is 13.1. The number of rotatable bonds is 4. The Bertz CT molecular complexity index is 399. The van der Waals surface area contributed by atoms with E-state index in [9.17, 15) is 4.79 Å². The van der Waals surface area contributed by atoms with Gasteiger partial charge in [-0.15, -0.1) is 0 Å². The second kappa shape index (κ2) is 5.89. The molecule has 1 rings (SSSR count). The van der Waals surface area contributed by atoms with Crippen LogP contribution in [-0.2, 0) is 6.54 Å². The highest BCUT2D eigenvalue weighted by Crippen LogP contribution is 2.03. The van der Waals surface area contributed by atoms with Crippen molar-refractivity contribution in [3.63, 3.8) is 0 Å². The number of benzene rings is 1. The van der Waals surface area contributed by atoms with Gasteiger partial charge in [0.1, 0.15) is 5.84 Å². The molecule has 0 bridgehead atoms. The number of hydrogen-bond donors (Lipinski definition) is 3. The highest BCUT2D eigenvalue weighted by Gasteiger charge is 2.05. The van der Waals surface area contributed by atoms with Gasteiger partial charge < -0.3 is 16.0 Å². The average molecular weight is 234 g/mol. The van der Waals surface area contributed by atoms with Crippen molar-refractivity contribution in [2.24, 2.45) is 5.73 Å². The fraction of sp³-hybridized carbons (Fsp3) is 0.333. The summed E-state index contributed by atoms with van der Waals surface area (Å²) in [6.45, 7) is 3.07. The topological polar surface area (TPSA) is 82.2 Å². The van der Waals surface area contributed by atoms with Crippen molar-refractivity contribution in [1.82, 2.24) is 10.2 Å². The zero-order valence-corrected chi connectivity index (χ0v) is 10.2. The molecular weight excluding hydrogens is 216 g/mol. The number of amidine groups is 1. The number of carbonyl (C=O) groups excluding carboxylic acids is 1. The summed E-state index contributed by atoms with van der Waals surface area (Å²) >= 11 is 0. The van der Waals surface area contributed by atoms with Gasteiger partial charge in [-0.05, 0) is 12.5 Å². The number of amides is 2. The van der Waals surface area contributed by atoms with Gasteiger partial charge in [-0.1, -0.05) is 24.3 Å². The second-order valence-electron chi connectivity index (χ2n) is 3.78. The summed E-state index contributed by atoms with van der Waals surface area (Å²) in [5.74, 6) is 0.0475. The van der Waals surface area contributed by atoms with Gasteiger partial charge in [-0.2, -0.15) is 0 Å². The molecule has 0 fully saturated rings. The van der Waals surface area contributed by atoms with E-state index in [0.29, 0.717) is 18.7 Å². The van der Waals surface area contributed by atoms with E-state index < -0.39 is 0 Å². The molecule has 0 aromatic heterocycles. The molecule has 0 saturated carbocycles. The van der Waals surface area contributed by atoms with Crippen molar-refractivity contribution in [1.29, 1.82) is 5.41 Å². The lowest BCUT2D eigenvalue weighted by molar-refractivity contribution is 0.210. The monoisotopic (exact) mass is 234 g/mol. The molecule has 0 atom stereocenters. The number of hydrogen-bond acceptors (Lipinski definition) is 2. The van der Waals surface area contributed by atoms with Gasteiger partial charge in [0.25, 0.3) is 0 Å². The average Bonchev–Trinajstić information content (AvgIpc) is 2.35. The van der Waals surface area contributed by atoms with Crippen LogP contribution in [0.15, 0.2) is 24.3 Å². The van der Waals surface area contributed by atoms with Crippen LogP contribution in [0, 0.1) is 5.41 Å². The van der Waals surface area contributed by atoms with Crippen molar-refractivity contribution in [3.8, 4) is 0 Å². The zero-order valence-electron chi connectivity index (χ0n) is 10.2. The summed E-state index contributed by atoms with van der Waals surface area (Å²) in [5, 5.41) is 10.1. The SMILES string of the molecule is CCN(C)C(=O)NCc1ccc(C(=N)N)cc1. The van der Waals surface area contributed by atoms with Crippen molar-refractivity contribution in [3.05, 3.63) is 35.4 Å². The minimum atomic E-state index is -0.0943. The number of nitrogens with one attached hydrogen (secondary N) is 2. The molecule has 0 aliphatic heterocycles. The van der Waals surface area contributed by atoms with Crippen LogP contribution in [0.5, 0.6) is 0 Å². The largest absolute Gasteiger partial charge is 0.384 e. The Morgan fingerprint density at radius 3 is 2.47 bits per heavy atom. The molecule has 0 unspecified atom stereocenters. The molecule has 0 saturated heterocycles. The lowest BCUT2D eigenvalue weighted by Crippen LogP contribution is -2.36. The fourth-order valence-corrected chi connectivity index (χ4v) is 1.26. The molecular formula is C12H18N4O. The van der Waals surface area contributed by atoms with Crippen LogP contribution in [0.25, 0.3) is 0 Å². The van der Waals surface area contributed by atoms with Crippen LogP contribution in [0.2, 0.25) is 0 Å². The van der Waals surface area contributed by atoms with Gasteiger partial charge in [-0.25, -0.2) is 4.79 Å². The number of nitrogens with two attached hydrogens (primary N) is 1. The maximum atomic E-state index is 11.5. The van der Waals surface area contributed by atoms with Crippen molar-refractivity contribution >= 4 is 11.9 Å². The first-order valence-electron chi connectivity index (χ1n) is 5.47. The first kappa shape index (κ1) is 13.0. The van der Waals surface area contributed by atoms with E-state index >= 15 is 0 Å². The van der Waals surface area contributed by atoms with Gasteiger partial charge in [0, 0.05) is 25.7 Å². The van der Waals surface area contributed by atoms with E-state index in [1.807, 2.05) is 19.1 Å². The predicted octanol–water partition coefficient (Wildman–Crippen LogP) is 1.13. The Hall–Kier alpha value is -2.04. The van der Waals surface area contributed by atoms with Crippen molar-refractivity contribution < 1.29 is 4.79 Å². The Kier molecular flexibility index (Phi) is 4.51. The quantitative estimate of drug-likeness (QED) is 0.539. The smallest absolute Gasteiger partial charge is 0.317 e. The van der Waals surface area contributed by atoms with E-state index in [0.717, 1.165) is 5.56 Å². The Morgan fingerprint density at radius 2 is 2.00 bits per heavy atom. The van der Waals surface area contributed by atoms with Crippen LogP contribution in [0.4, 0.5) is 4.79 Å².